The summed E-state index contributed by atoms with van der Waals surface area (Å²) in [6.07, 6.45) is 3.87. The van der Waals surface area contributed by atoms with E-state index in [0.717, 1.165) is 46.7 Å². The number of amides is 1. The monoisotopic (exact) mass is 475 g/mol. The van der Waals surface area contributed by atoms with Crippen molar-refractivity contribution in [1.29, 1.82) is 0 Å². The van der Waals surface area contributed by atoms with Crippen LogP contribution in [0.3, 0.4) is 0 Å². The van der Waals surface area contributed by atoms with E-state index in [4.69, 9.17) is 9.26 Å². The highest BCUT2D eigenvalue weighted by atomic mass is 16.5. The minimum Gasteiger partial charge on any atom is -0.378 e. The lowest BCUT2D eigenvalue weighted by atomic mass is 9.97. The maximum Gasteiger partial charge on any atom is 0.292 e. The summed E-state index contributed by atoms with van der Waals surface area (Å²) in [5, 5.41) is 11.1. The number of hydrogen-bond acceptors (Lipinski definition) is 8. The fourth-order valence-electron chi connectivity index (χ4n) is 4.03. The van der Waals surface area contributed by atoms with Crippen molar-refractivity contribution in [2.24, 2.45) is 0 Å². The molecular weight excluding hydrogens is 446 g/mol. The predicted molar refractivity (Wildman–Crippen MR) is 130 cm³/mol. The Hall–Kier alpha value is -3.79. The molecule has 1 N–H and O–H groups in total. The van der Waals surface area contributed by atoms with Gasteiger partial charge in [0.05, 0.1) is 29.2 Å². The number of rotatable bonds is 6. The molecule has 0 atom stereocenters. The van der Waals surface area contributed by atoms with Crippen molar-refractivity contribution in [3.8, 4) is 11.3 Å². The number of nitrogens with zero attached hydrogens (tertiary/aromatic N) is 6. The first-order valence-corrected chi connectivity index (χ1v) is 11.6. The van der Waals surface area contributed by atoms with E-state index in [1.807, 2.05) is 50.5 Å². The molecule has 1 saturated heterocycles. The first-order chi connectivity index (χ1) is 16.7. The van der Waals surface area contributed by atoms with Crippen LogP contribution in [0, 0.1) is 6.92 Å². The molecular formula is C25H29N7O3. The Morgan fingerprint density at radius 1 is 1.26 bits per heavy atom. The van der Waals surface area contributed by atoms with Gasteiger partial charge >= 0.3 is 0 Å². The number of aromatic nitrogens is 5. The zero-order chi connectivity index (χ0) is 24.7. The Morgan fingerprint density at radius 3 is 2.74 bits per heavy atom. The summed E-state index contributed by atoms with van der Waals surface area (Å²) < 4.78 is 12.5. The van der Waals surface area contributed by atoms with Crippen molar-refractivity contribution in [1.82, 2.24) is 30.1 Å². The van der Waals surface area contributed by atoms with E-state index >= 15 is 0 Å². The van der Waals surface area contributed by atoms with Crippen LogP contribution >= 0.6 is 0 Å². The molecule has 3 aromatic heterocycles. The van der Waals surface area contributed by atoms with Gasteiger partial charge in [0.2, 0.25) is 5.89 Å². The first-order valence-electron chi connectivity index (χ1n) is 11.6. The summed E-state index contributed by atoms with van der Waals surface area (Å²) in [5.41, 5.74) is 5.61. The maximum absolute atomic E-state index is 12.5. The largest absolute Gasteiger partial charge is 0.378 e. The molecule has 0 unspecified atom stereocenters. The molecule has 10 nitrogen and oxygen atoms in total. The van der Waals surface area contributed by atoms with Crippen molar-refractivity contribution >= 4 is 17.1 Å². The van der Waals surface area contributed by atoms with Crippen molar-refractivity contribution < 1.29 is 14.1 Å². The lowest BCUT2D eigenvalue weighted by molar-refractivity contribution is 0.0788. The van der Waals surface area contributed by atoms with E-state index in [1.54, 1.807) is 13.4 Å². The molecule has 10 heteroatoms. The molecule has 1 aromatic carbocycles. The van der Waals surface area contributed by atoms with E-state index in [2.05, 4.69) is 42.6 Å². The molecule has 1 fully saturated rings. The number of anilines is 1. The Kier molecular flexibility index (Phi) is 5.76. The number of aryl methyl sites for hydroxylation is 1. The highest BCUT2D eigenvalue weighted by Gasteiger charge is 2.28. The Morgan fingerprint density at radius 2 is 2.06 bits per heavy atom. The van der Waals surface area contributed by atoms with Crippen LogP contribution in [-0.4, -0.2) is 56.9 Å². The van der Waals surface area contributed by atoms with Gasteiger partial charge in [0, 0.05) is 37.7 Å². The van der Waals surface area contributed by atoms with Crippen LogP contribution < -0.4 is 10.2 Å². The van der Waals surface area contributed by atoms with Gasteiger partial charge in [-0.2, -0.15) is 10.1 Å². The number of benzene rings is 1. The summed E-state index contributed by atoms with van der Waals surface area (Å²) in [7, 11) is 1.74. The van der Waals surface area contributed by atoms with Gasteiger partial charge in [-0.1, -0.05) is 38.1 Å². The predicted octanol–water partition coefficient (Wildman–Crippen LogP) is 3.15. The lowest BCUT2D eigenvalue weighted by Gasteiger charge is -2.39. The standard InChI is InChI=1S/C25H29N7O3/c1-15-8-16(6-7-17(15)10-26-23(33)22-29-24(35-30-22)25(2,3)4)21-20-9-18(11-32(20)28-14-27-21)31-12-19(13-31)34-5/h6-9,11,14,19H,10,12-13H2,1-5H3,(H,26,33). The van der Waals surface area contributed by atoms with Crippen LogP contribution in [0.1, 0.15) is 48.4 Å². The van der Waals surface area contributed by atoms with Crippen LogP contribution in [0.5, 0.6) is 0 Å². The Bertz CT molecular complexity index is 1380. The van der Waals surface area contributed by atoms with Gasteiger partial charge in [0.1, 0.15) is 6.33 Å². The fourth-order valence-corrected chi connectivity index (χ4v) is 4.03. The number of ether oxygens (including phenoxy) is 1. The second-order valence-corrected chi connectivity index (χ2v) is 9.90. The number of carbonyl (C=O) groups excluding carboxylic acids is 1. The van der Waals surface area contributed by atoms with E-state index in [9.17, 15) is 4.79 Å². The normalized spacial score (nSPS) is 14.4. The fraction of sp³-hybridized carbons (Fsp3) is 0.400. The summed E-state index contributed by atoms with van der Waals surface area (Å²) >= 11 is 0. The van der Waals surface area contributed by atoms with Gasteiger partial charge in [-0.05, 0) is 30.2 Å². The third-order valence-corrected chi connectivity index (χ3v) is 6.26. The highest BCUT2D eigenvalue weighted by Crippen LogP contribution is 2.30. The maximum atomic E-state index is 12.5. The average Bonchev–Trinajstić information content (AvgIpc) is 3.44. The van der Waals surface area contributed by atoms with Crippen LogP contribution in [0.4, 0.5) is 5.69 Å². The summed E-state index contributed by atoms with van der Waals surface area (Å²) in [6, 6.07) is 8.21. The zero-order valence-corrected chi connectivity index (χ0v) is 20.6. The van der Waals surface area contributed by atoms with Crippen LogP contribution in [0.25, 0.3) is 16.8 Å². The van der Waals surface area contributed by atoms with E-state index in [-0.39, 0.29) is 23.3 Å². The molecule has 0 spiro atoms. The third-order valence-electron chi connectivity index (χ3n) is 6.26. The van der Waals surface area contributed by atoms with Crippen molar-refractivity contribution in [3.05, 3.63) is 59.6 Å². The average molecular weight is 476 g/mol. The number of carbonyl (C=O) groups is 1. The molecule has 35 heavy (non-hydrogen) atoms. The molecule has 5 rings (SSSR count). The van der Waals surface area contributed by atoms with Gasteiger partial charge in [-0.25, -0.2) is 9.50 Å². The van der Waals surface area contributed by atoms with Gasteiger partial charge in [0.15, 0.2) is 0 Å². The van der Waals surface area contributed by atoms with Gasteiger partial charge in [-0.3, -0.25) is 4.79 Å². The summed E-state index contributed by atoms with van der Waals surface area (Å²) in [4.78, 5) is 23.5. The number of hydrogen-bond donors (Lipinski definition) is 1. The van der Waals surface area contributed by atoms with Gasteiger partial charge in [0.25, 0.3) is 11.7 Å². The zero-order valence-electron chi connectivity index (χ0n) is 20.6. The topological polar surface area (TPSA) is 111 Å². The van der Waals surface area contributed by atoms with Crippen molar-refractivity contribution in [2.75, 3.05) is 25.1 Å². The molecule has 0 bridgehead atoms. The first kappa shape index (κ1) is 23.0. The number of nitrogens with one attached hydrogen (secondary N) is 1. The Balaban J connectivity index is 1.31. The summed E-state index contributed by atoms with van der Waals surface area (Å²) in [6.45, 7) is 9.98. The highest BCUT2D eigenvalue weighted by molar-refractivity contribution is 5.90. The van der Waals surface area contributed by atoms with Gasteiger partial charge < -0.3 is 19.5 Å². The van der Waals surface area contributed by atoms with E-state index in [1.165, 1.54) is 0 Å². The smallest absolute Gasteiger partial charge is 0.292 e. The van der Waals surface area contributed by atoms with E-state index < -0.39 is 0 Å². The second-order valence-electron chi connectivity index (χ2n) is 9.90. The molecule has 0 aliphatic carbocycles. The van der Waals surface area contributed by atoms with E-state index in [0.29, 0.717) is 12.4 Å². The third kappa shape index (κ3) is 4.49. The lowest BCUT2D eigenvalue weighted by Crippen LogP contribution is -2.51. The number of methoxy groups -OCH3 is 1. The minimum absolute atomic E-state index is 0.0376. The Labute approximate surface area is 203 Å². The molecule has 0 saturated carbocycles. The SMILES string of the molecule is COC1CN(c2cc3c(-c4ccc(CNC(=O)c5noc(C(C)(C)C)n5)c(C)c4)ncnn3c2)C1. The molecule has 182 valence electrons. The second kappa shape index (κ2) is 8.77. The van der Waals surface area contributed by atoms with Crippen molar-refractivity contribution in [2.45, 2.75) is 45.8 Å². The quantitative estimate of drug-likeness (QED) is 0.453. The van der Waals surface area contributed by atoms with Crippen LogP contribution in [-0.2, 0) is 16.7 Å². The van der Waals surface area contributed by atoms with Gasteiger partial charge in [-0.15, -0.1) is 0 Å². The minimum atomic E-state index is -0.368. The van der Waals surface area contributed by atoms with Crippen LogP contribution in [0.2, 0.25) is 0 Å². The molecule has 1 aliphatic rings. The van der Waals surface area contributed by atoms with Crippen LogP contribution in [0.15, 0.2) is 41.3 Å². The molecule has 1 amide bonds. The molecule has 0 radical (unpaired) electrons. The molecule has 1 aliphatic heterocycles. The molecule has 4 heterocycles. The molecule has 4 aromatic rings. The summed E-state index contributed by atoms with van der Waals surface area (Å²) in [5.74, 6) is 0.101. The number of fused-ring (bicyclic) bond motifs is 1. The van der Waals surface area contributed by atoms with Crippen molar-refractivity contribution in [3.63, 3.8) is 0 Å².